The number of urea groups is 1. The van der Waals surface area contributed by atoms with Crippen LogP contribution in [0.25, 0.3) is 22.5 Å². The zero-order chi connectivity index (χ0) is 28.7. The van der Waals surface area contributed by atoms with E-state index in [4.69, 9.17) is 4.98 Å². The number of aromatic nitrogens is 2. The van der Waals surface area contributed by atoms with Crippen LogP contribution in [0.2, 0.25) is 0 Å². The van der Waals surface area contributed by atoms with Gasteiger partial charge in [-0.1, -0.05) is 68.4 Å². The molecule has 0 fully saturated rings. The largest absolute Gasteiger partial charge is 0.417 e. The van der Waals surface area contributed by atoms with Gasteiger partial charge in [0.1, 0.15) is 0 Å². The number of amides is 2. The number of aryl methyl sites for hydroxylation is 1. The number of carbonyl (C=O) groups is 1. The molecule has 0 unspecified atom stereocenters. The maximum atomic E-state index is 13.4. The highest BCUT2D eigenvalue weighted by Gasteiger charge is 2.39. The molecule has 0 bridgehead atoms. The van der Waals surface area contributed by atoms with Crippen molar-refractivity contribution in [3.05, 3.63) is 101 Å². The minimum atomic E-state index is -4.55. The Hall–Kier alpha value is -4.24. The number of hydrogen-bond donors (Lipinski definition) is 3. The molecular formula is C31H29F3N4O2. The monoisotopic (exact) mass is 546 g/mol. The molecule has 2 heterocycles. The lowest BCUT2D eigenvalue weighted by Crippen LogP contribution is -2.45. The summed E-state index contributed by atoms with van der Waals surface area (Å²) in [5, 5.41) is 16.7. The van der Waals surface area contributed by atoms with Crippen molar-refractivity contribution >= 4 is 11.7 Å². The molecule has 2 amide bonds. The van der Waals surface area contributed by atoms with Gasteiger partial charge in [0.25, 0.3) is 0 Å². The van der Waals surface area contributed by atoms with Crippen LogP contribution >= 0.6 is 0 Å². The zero-order valence-electron chi connectivity index (χ0n) is 22.3. The van der Waals surface area contributed by atoms with Crippen molar-refractivity contribution in [2.45, 2.75) is 50.9 Å². The highest BCUT2D eigenvalue weighted by Crippen LogP contribution is 2.42. The zero-order valence-corrected chi connectivity index (χ0v) is 22.3. The molecule has 0 spiro atoms. The number of benzene rings is 2. The van der Waals surface area contributed by atoms with Gasteiger partial charge in [-0.15, -0.1) is 0 Å². The second-order valence-electron chi connectivity index (χ2n) is 10.7. The van der Waals surface area contributed by atoms with Crippen LogP contribution in [0.1, 0.15) is 48.6 Å². The maximum Gasteiger partial charge on any atom is 0.417 e. The van der Waals surface area contributed by atoms with E-state index in [1.807, 2.05) is 42.5 Å². The number of fused-ring (bicyclic) bond motifs is 1. The number of pyridine rings is 2. The molecule has 0 radical (unpaired) electrons. The molecular weight excluding hydrogens is 517 g/mol. The lowest BCUT2D eigenvalue weighted by Gasteiger charge is -2.40. The van der Waals surface area contributed by atoms with Crippen molar-refractivity contribution in [1.29, 1.82) is 0 Å². The summed E-state index contributed by atoms with van der Waals surface area (Å²) in [6.45, 7) is 5.84. The van der Waals surface area contributed by atoms with Gasteiger partial charge in [-0.2, -0.15) is 13.2 Å². The van der Waals surface area contributed by atoms with Crippen molar-refractivity contribution in [2.75, 3.05) is 5.32 Å². The van der Waals surface area contributed by atoms with Crippen LogP contribution in [0.15, 0.2) is 79.1 Å². The van der Waals surface area contributed by atoms with Gasteiger partial charge < -0.3 is 15.7 Å². The Kier molecular flexibility index (Phi) is 7.10. The second-order valence-corrected chi connectivity index (χ2v) is 10.7. The first kappa shape index (κ1) is 27.3. The van der Waals surface area contributed by atoms with Crippen molar-refractivity contribution < 1.29 is 23.1 Å². The van der Waals surface area contributed by atoms with E-state index in [0.717, 1.165) is 23.4 Å². The first-order valence-corrected chi connectivity index (χ1v) is 12.9. The fourth-order valence-electron chi connectivity index (χ4n) is 5.36. The van der Waals surface area contributed by atoms with Crippen molar-refractivity contribution in [3.8, 4) is 22.5 Å². The van der Waals surface area contributed by atoms with Gasteiger partial charge in [-0.05, 0) is 47.6 Å². The third-order valence-electron chi connectivity index (χ3n) is 7.26. The van der Waals surface area contributed by atoms with Gasteiger partial charge in [0.05, 0.1) is 34.8 Å². The average Bonchev–Trinajstić information content (AvgIpc) is 2.91. The van der Waals surface area contributed by atoms with E-state index in [9.17, 15) is 23.1 Å². The minimum Gasteiger partial charge on any atom is -0.391 e. The molecule has 2 atom stereocenters. The summed E-state index contributed by atoms with van der Waals surface area (Å²) >= 11 is 0. The summed E-state index contributed by atoms with van der Waals surface area (Å²) in [5.41, 5.74) is 3.32. The number of aliphatic hydroxyl groups is 1. The molecule has 2 aromatic heterocycles. The van der Waals surface area contributed by atoms with Gasteiger partial charge in [-0.25, -0.2) is 9.78 Å². The molecule has 1 aliphatic rings. The fourth-order valence-corrected chi connectivity index (χ4v) is 5.36. The maximum absolute atomic E-state index is 13.4. The predicted octanol–water partition coefficient (Wildman–Crippen LogP) is 7.04. The normalized spacial score (nSPS) is 18.1. The van der Waals surface area contributed by atoms with Crippen molar-refractivity contribution in [1.82, 2.24) is 15.3 Å². The molecule has 1 aliphatic carbocycles. The van der Waals surface area contributed by atoms with E-state index in [2.05, 4.69) is 29.5 Å². The smallest absolute Gasteiger partial charge is 0.391 e. The van der Waals surface area contributed by atoms with Crippen LogP contribution in [0.3, 0.4) is 0 Å². The van der Waals surface area contributed by atoms with Crippen LogP contribution in [-0.2, 0) is 11.6 Å². The molecule has 206 valence electrons. The first-order chi connectivity index (χ1) is 18.9. The summed E-state index contributed by atoms with van der Waals surface area (Å²) in [7, 11) is 0. The Bertz CT molecular complexity index is 1550. The van der Waals surface area contributed by atoms with Crippen molar-refractivity contribution in [2.24, 2.45) is 0 Å². The molecule has 40 heavy (non-hydrogen) atoms. The Morgan fingerprint density at radius 3 is 2.40 bits per heavy atom. The van der Waals surface area contributed by atoms with Gasteiger partial charge in [0.2, 0.25) is 0 Å². The van der Waals surface area contributed by atoms with Crippen LogP contribution in [0.5, 0.6) is 0 Å². The number of rotatable bonds is 4. The number of halogens is 3. The van der Waals surface area contributed by atoms with E-state index in [0.29, 0.717) is 34.6 Å². The lowest BCUT2D eigenvalue weighted by molar-refractivity contribution is -0.137. The number of alkyl halides is 3. The Labute approximate surface area is 230 Å². The highest BCUT2D eigenvalue weighted by molar-refractivity contribution is 5.94. The molecule has 6 nitrogen and oxygen atoms in total. The molecule has 4 aromatic rings. The van der Waals surface area contributed by atoms with Crippen LogP contribution in [0, 0.1) is 6.92 Å². The summed E-state index contributed by atoms with van der Waals surface area (Å²) < 4.78 is 40.1. The van der Waals surface area contributed by atoms with Gasteiger partial charge >= 0.3 is 12.2 Å². The second kappa shape index (κ2) is 10.4. The Morgan fingerprint density at radius 1 is 0.975 bits per heavy atom. The summed E-state index contributed by atoms with van der Waals surface area (Å²) in [4.78, 5) is 21.8. The number of nitrogens with zero attached hydrogens (tertiary/aromatic N) is 2. The van der Waals surface area contributed by atoms with E-state index in [1.165, 1.54) is 6.20 Å². The van der Waals surface area contributed by atoms with Gasteiger partial charge in [-0.3, -0.25) is 4.98 Å². The third kappa shape index (κ3) is 5.42. The SMILES string of the molecule is Cc1cc(NC(=O)N[C@@H]2c3ccccc3C(C)(C)C[C@H]2O)c(-c2ccccc2)nc1-c1cncc(C(F)(F)F)c1. The van der Waals surface area contributed by atoms with E-state index >= 15 is 0 Å². The van der Waals surface area contributed by atoms with E-state index in [1.54, 1.807) is 25.1 Å². The average molecular weight is 547 g/mol. The van der Waals surface area contributed by atoms with Crippen molar-refractivity contribution in [3.63, 3.8) is 0 Å². The Morgan fingerprint density at radius 2 is 1.68 bits per heavy atom. The topological polar surface area (TPSA) is 87.1 Å². The molecule has 9 heteroatoms. The van der Waals surface area contributed by atoms with E-state index < -0.39 is 29.9 Å². The number of aliphatic hydroxyl groups excluding tert-OH is 1. The van der Waals surface area contributed by atoms with Crippen LogP contribution in [0.4, 0.5) is 23.7 Å². The quantitative estimate of drug-likeness (QED) is 0.256. The van der Waals surface area contributed by atoms with Gasteiger partial charge in [0, 0.05) is 23.5 Å². The molecule has 0 saturated heterocycles. The lowest BCUT2D eigenvalue weighted by atomic mass is 9.70. The molecule has 5 rings (SSSR count). The van der Waals surface area contributed by atoms with Crippen LogP contribution < -0.4 is 10.6 Å². The Balaban J connectivity index is 1.50. The number of anilines is 1. The number of carbonyl (C=O) groups excluding carboxylic acids is 1. The highest BCUT2D eigenvalue weighted by atomic mass is 19.4. The van der Waals surface area contributed by atoms with E-state index in [-0.39, 0.29) is 11.0 Å². The molecule has 0 saturated carbocycles. The number of nitrogens with one attached hydrogen (secondary N) is 2. The fraction of sp³-hybridized carbons (Fsp3) is 0.258. The summed E-state index contributed by atoms with van der Waals surface area (Å²) in [5.74, 6) is 0. The molecule has 2 aromatic carbocycles. The van der Waals surface area contributed by atoms with Crippen LogP contribution in [-0.4, -0.2) is 27.2 Å². The standard InChI is InChI=1S/C31H29F3N4O2/c1-18-13-24(36-29(40)38-28-22-11-7-8-12-23(22)30(2,3)15-25(28)39)27(19-9-5-4-6-10-19)37-26(18)20-14-21(17-35-16-20)31(32,33)34/h4-14,16-17,25,28,39H,15H2,1-3H3,(H2,36,38,40)/t25-,28-/m1/s1. The summed E-state index contributed by atoms with van der Waals surface area (Å²) in [6.07, 6.45) is -2.75. The first-order valence-electron chi connectivity index (χ1n) is 12.9. The predicted molar refractivity (Wildman–Crippen MR) is 148 cm³/mol. The minimum absolute atomic E-state index is 0.213. The molecule has 0 aliphatic heterocycles. The summed E-state index contributed by atoms with van der Waals surface area (Å²) in [6, 6.07) is 18.3. The third-order valence-corrected chi connectivity index (χ3v) is 7.26. The number of hydrogen-bond acceptors (Lipinski definition) is 4. The van der Waals surface area contributed by atoms with Gasteiger partial charge in [0.15, 0.2) is 0 Å². The molecule has 3 N–H and O–H groups in total.